The molecule has 1 saturated heterocycles. The van der Waals surface area contributed by atoms with Crippen molar-refractivity contribution in [3.05, 3.63) is 0 Å². The van der Waals surface area contributed by atoms with Crippen molar-refractivity contribution in [1.82, 2.24) is 10.2 Å². The van der Waals surface area contributed by atoms with Gasteiger partial charge < -0.3 is 10.2 Å². The maximum absolute atomic E-state index is 3.36. The zero-order chi connectivity index (χ0) is 11.3. The average molecular weight is 212 g/mol. The van der Waals surface area contributed by atoms with Crippen LogP contribution in [0.15, 0.2) is 0 Å². The number of hydrogen-bond acceptors (Lipinski definition) is 2. The van der Waals surface area contributed by atoms with Crippen LogP contribution < -0.4 is 5.32 Å². The van der Waals surface area contributed by atoms with Gasteiger partial charge in [-0.2, -0.15) is 0 Å². The van der Waals surface area contributed by atoms with E-state index >= 15 is 0 Å². The fraction of sp³-hybridized carbons (Fsp3) is 1.00. The Labute approximate surface area is 95.4 Å². The van der Waals surface area contributed by atoms with Crippen molar-refractivity contribution in [3.63, 3.8) is 0 Å². The molecule has 0 aromatic carbocycles. The molecule has 2 atom stereocenters. The van der Waals surface area contributed by atoms with Gasteiger partial charge in [-0.25, -0.2) is 0 Å². The van der Waals surface area contributed by atoms with Crippen molar-refractivity contribution in [3.8, 4) is 0 Å². The summed E-state index contributed by atoms with van der Waals surface area (Å²) in [6, 6.07) is 0.804. The van der Waals surface area contributed by atoms with Crippen LogP contribution >= 0.6 is 0 Å². The Bertz CT molecular complexity index is 173. The zero-order valence-electron chi connectivity index (χ0n) is 11.0. The third-order valence-electron chi connectivity index (χ3n) is 3.73. The van der Waals surface area contributed by atoms with Gasteiger partial charge >= 0.3 is 0 Å². The van der Waals surface area contributed by atoms with E-state index in [0.29, 0.717) is 5.41 Å². The first kappa shape index (κ1) is 13.0. The fourth-order valence-electron chi connectivity index (χ4n) is 2.97. The molecule has 0 amide bonds. The molecule has 1 aliphatic heterocycles. The monoisotopic (exact) mass is 212 g/mol. The van der Waals surface area contributed by atoms with E-state index in [9.17, 15) is 0 Å². The maximum Gasteiger partial charge on any atom is 0.00676 e. The number of likely N-dealkylation sites (tertiary alicyclic amines) is 1. The lowest BCUT2D eigenvalue weighted by Gasteiger charge is -2.35. The van der Waals surface area contributed by atoms with Gasteiger partial charge in [0.05, 0.1) is 0 Å². The molecule has 1 N–H and O–H groups in total. The highest BCUT2D eigenvalue weighted by Crippen LogP contribution is 2.27. The van der Waals surface area contributed by atoms with Gasteiger partial charge in [0.15, 0.2) is 0 Å². The Kier molecular flexibility index (Phi) is 5.07. The molecule has 0 spiro atoms. The van der Waals surface area contributed by atoms with Crippen LogP contribution in [0.4, 0.5) is 0 Å². The minimum Gasteiger partial charge on any atom is -0.319 e. The second-order valence-electron chi connectivity index (χ2n) is 5.55. The number of rotatable bonds is 6. The quantitative estimate of drug-likeness (QED) is 0.728. The van der Waals surface area contributed by atoms with Crippen molar-refractivity contribution in [2.24, 2.45) is 5.41 Å². The highest BCUT2D eigenvalue weighted by atomic mass is 15.2. The Morgan fingerprint density at radius 3 is 2.67 bits per heavy atom. The summed E-state index contributed by atoms with van der Waals surface area (Å²) >= 11 is 0. The molecular formula is C13H28N2. The molecule has 0 aliphatic carbocycles. The lowest BCUT2D eigenvalue weighted by Crippen LogP contribution is -2.42. The third kappa shape index (κ3) is 3.76. The van der Waals surface area contributed by atoms with Gasteiger partial charge in [-0.3, -0.25) is 0 Å². The summed E-state index contributed by atoms with van der Waals surface area (Å²) in [5.41, 5.74) is 0.460. The molecule has 2 heteroatoms. The summed E-state index contributed by atoms with van der Waals surface area (Å²) in [4.78, 5) is 2.67. The second kappa shape index (κ2) is 5.86. The summed E-state index contributed by atoms with van der Waals surface area (Å²) in [5, 5.41) is 3.36. The molecule has 1 fully saturated rings. The van der Waals surface area contributed by atoms with Crippen molar-refractivity contribution < 1.29 is 0 Å². The van der Waals surface area contributed by atoms with Gasteiger partial charge in [0.1, 0.15) is 0 Å². The Morgan fingerprint density at radius 2 is 2.20 bits per heavy atom. The van der Waals surface area contributed by atoms with E-state index in [2.05, 4.69) is 38.0 Å². The molecule has 2 nitrogen and oxygen atoms in total. The molecule has 0 bridgehead atoms. The van der Waals surface area contributed by atoms with Crippen LogP contribution in [0.1, 0.15) is 46.5 Å². The van der Waals surface area contributed by atoms with Crippen molar-refractivity contribution in [1.29, 1.82) is 0 Å². The number of nitrogens with one attached hydrogen (secondary N) is 1. The highest BCUT2D eigenvalue weighted by molar-refractivity contribution is 4.85. The van der Waals surface area contributed by atoms with Crippen LogP contribution in [-0.4, -0.2) is 37.6 Å². The summed E-state index contributed by atoms with van der Waals surface area (Å²) in [7, 11) is 2.07. The first-order valence-electron chi connectivity index (χ1n) is 6.50. The van der Waals surface area contributed by atoms with Crippen molar-refractivity contribution >= 4 is 0 Å². The largest absolute Gasteiger partial charge is 0.319 e. The summed E-state index contributed by atoms with van der Waals surface area (Å²) in [6.07, 6.45) is 5.40. The fourth-order valence-corrected chi connectivity index (χ4v) is 2.97. The summed E-state index contributed by atoms with van der Waals surface area (Å²) < 4.78 is 0. The van der Waals surface area contributed by atoms with E-state index in [1.54, 1.807) is 0 Å². The first-order valence-corrected chi connectivity index (χ1v) is 6.50. The molecule has 0 radical (unpaired) electrons. The van der Waals surface area contributed by atoms with E-state index in [0.717, 1.165) is 12.6 Å². The van der Waals surface area contributed by atoms with Gasteiger partial charge in [0.2, 0.25) is 0 Å². The molecule has 90 valence electrons. The standard InChI is InChI=1S/C13H28N2/c1-5-8-13(3,10-14-4)11-15-9-6-7-12(15)2/h12,14H,5-11H2,1-4H3. The molecule has 15 heavy (non-hydrogen) atoms. The van der Waals surface area contributed by atoms with Crippen LogP contribution in [0.5, 0.6) is 0 Å². The van der Waals surface area contributed by atoms with E-state index in [-0.39, 0.29) is 0 Å². The Hall–Kier alpha value is -0.0800. The molecule has 1 aliphatic rings. The Morgan fingerprint density at radius 1 is 1.47 bits per heavy atom. The van der Waals surface area contributed by atoms with E-state index in [1.807, 2.05) is 0 Å². The van der Waals surface area contributed by atoms with E-state index < -0.39 is 0 Å². The van der Waals surface area contributed by atoms with Crippen molar-refractivity contribution in [2.75, 3.05) is 26.7 Å². The Balaban J connectivity index is 2.49. The van der Waals surface area contributed by atoms with E-state index in [1.165, 1.54) is 38.8 Å². The molecule has 0 aromatic heterocycles. The smallest absolute Gasteiger partial charge is 0.00676 e. The van der Waals surface area contributed by atoms with Crippen LogP contribution in [0, 0.1) is 5.41 Å². The van der Waals surface area contributed by atoms with E-state index in [4.69, 9.17) is 0 Å². The van der Waals surface area contributed by atoms with Crippen LogP contribution in [0.3, 0.4) is 0 Å². The predicted molar refractivity (Wildman–Crippen MR) is 67.2 cm³/mol. The SMILES string of the molecule is CCCC(C)(CNC)CN1CCCC1C. The van der Waals surface area contributed by atoms with Gasteiger partial charge in [-0.05, 0) is 45.2 Å². The summed E-state index contributed by atoms with van der Waals surface area (Å²) in [5.74, 6) is 0. The normalized spacial score (nSPS) is 26.8. The molecule has 0 saturated carbocycles. The molecule has 2 unspecified atom stereocenters. The zero-order valence-corrected chi connectivity index (χ0v) is 11.0. The molecule has 0 aromatic rings. The van der Waals surface area contributed by atoms with Crippen molar-refractivity contribution in [2.45, 2.75) is 52.5 Å². The molecular weight excluding hydrogens is 184 g/mol. The maximum atomic E-state index is 3.36. The molecule has 1 heterocycles. The number of nitrogens with zero attached hydrogens (tertiary/aromatic N) is 1. The lowest BCUT2D eigenvalue weighted by atomic mass is 9.84. The number of hydrogen-bond donors (Lipinski definition) is 1. The van der Waals surface area contributed by atoms with Gasteiger partial charge in [0.25, 0.3) is 0 Å². The predicted octanol–water partition coefficient (Wildman–Crippen LogP) is 2.50. The average Bonchev–Trinajstić information content (AvgIpc) is 2.52. The minimum absolute atomic E-state index is 0.460. The van der Waals surface area contributed by atoms with Gasteiger partial charge in [-0.1, -0.05) is 20.3 Å². The second-order valence-corrected chi connectivity index (χ2v) is 5.55. The van der Waals surface area contributed by atoms with Crippen LogP contribution in [-0.2, 0) is 0 Å². The topological polar surface area (TPSA) is 15.3 Å². The van der Waals surface area contributed by atoms with Crippen LogP contribution in [0.25, 0.3) is 0 Å². The van der Waals surface area contributed by atoms with Gasteiger partial charge in [-0.15, -0.1) is 0 Å². The molecule has 1 rings (SSSR count). The van der Waals surface area contributed by atoms with Crippen LogP contribution in [0.2, 0.25) is 0 Å². The lowest BCUT2D eigenvalue weighted by molar-refractivity contribution is 0.147. The highest BCUT2D eigenvalue weighted by Gasteiger charge is 2.29. The first-order chi connectivity index (χ1) is 7.11. The van der Waals surface area contributed by atoms with Gasteiger partial charge in [0, 0.05) is 19.1 Å². The summed E-state index contributed by atoms with van der Waals surface area (Å²) in [6.45, 7) is 10.8. The minimum atomic E-state index is 0.460. The third-order valence-corrected chi connectivity index (χ3v) is 3.73.